The minimum absolute atomic E-state index is 0.665. The Balaban J connectivity index is 2.49. The molecule has 0 radical (unpaired) electrons. The van der Waals surface area contributed by atoms with Gasteiger partial charge >= 0.3 is 0 Å². The van der Waals surface area contributed by atoms with E-state index in [0.29, 0.717) is 11.1 Å². The lowest BCUT2D eigenvalue weighted by Crippen LogP contribution is -2.45. The summed E-state index contributed by atoms with van der Waals surface area (Å²) in [6.07, 6.45) is 0. The molecule has 0 saturated carbocycles. The van der Waals surface area contributed by atoms with E-state index in [9.17, 15) is 0 Å². The van der Waals surface area contributed by atoms with Gasteiger partial charge in [-0.1, -0.05) is 138 Å². The molecule has 0 fully saturated rings. The quantitative estimate of drug-likeness (QED) is 0.302. The van der Waals surface area contributed by atoms with Gasteiger partial charge in [-0.25, -0.2) is 0 Å². The second-order valence-electron chi connectivity index (χ2n) is 14.6. The summed E-state index contributed by atoms with van der Waals surface area (Å²) in [5.74, 6) is 0. The van der Waals surface area contributed by atoms with Crippen molar-refractivity contribution in [1.29, 1.82) is 0 Å². The number of hydrogen-bond donors (Lipinski definition) is 0. The van der Waals surface area contributed by atoms with E-state index in [1.807, 2.05) is 0 Å². The van der Waals surface area contributed by atoms with Crippen LogP contribution in [0.1, 0.15) is 33.3 Å². The molecule has 0 bridgehead atoms. The number of rotatable bonds is 9. The van der Waals surface area contributed by atoms with Crippen molar-refractivity contribution >= 4 is 32.3 Å². The number of benzene rings is 2. The van der Waals surface area contributed by atoms with Crippen LogP contribution in [0.5, 0.6) is 0 Å². The standard InChI is InChI=1S/C28H50Si4/c1-29(2,3)21-23-13-17-25(18-14-23)27(31(7,8)9)28(32(10,11)12)26-19-15-24(16-20-26)22-30(4,5)6/h13-20,27-28H,21-22H2,1-12H3/t27-,28+. The van der Waals surface area contributed by atoms with E-state index in [-0.39, 0.29) is 0 Å². The van der Waals surface area contributed by atoms with Crippen LogP contribution in [0.4, 0.5) is 0 Å². The minimum Gasteiger partial charge on any atom is -0.0693 e. The summed E-state index contributed by atoms with van der Waals surface area (Å²) in [5.41, 5.74) is 7.56. The van der Waals surface area contributed by atoms with Gasteiger partial charge in [-0.3, -0.25) is 0 Å². The van der Waals surface area contributed by atoms with Crippen LogP contribution in [0.15, 0.2) is 48.5 Å². The number of hydrogen-bond acceptors (Lipinski definition) is 0. The zero-order chi connectivity index (χ0) is 24.5. The Bertz CT molecular complexity index is 779. The molecule has 0 spiro atoms. The van der Waals surface area contributed by atoms with Crippen LogP contribution in [0.3, 0.4) is 0 Å². The average molecular weight is 499 g/mol. The van der Waals surface area contributed by atoms with Gasteiger partial charge in [-0.15, -0.1) is 0 Å². The lowest BCUT2D eigenvalue weighted by atomic mass is 10.0. The van der Waals surface area contributed by atoms with Gasteiger partial charge in [0.2, 0.25) is 0 Å². The molecule has 178 valence electrons. The fourth-order valence-electron chi connectivity index (χ4n) is 5.30. The molecule has 2 aromatic rings. The summed E-state index contributed by atoms with van der Waals surface area (Å²) in [4.78, 5) is 0. The van der Waals surface area contributed by atoms with Crippen molar-refractivity contribution in [2.24, 2.45) is 0 Å². The Morgan fingerprint density at radius 3 is 0.875 bits per heavy atom. The molecule has 4 heteroatoms. The molecule has 0 saturated heterocycles. The van der Waals surface area contributed by atoms with E-state index in [1.54, 1.807) is 11.1 Å². The molecule has 2 rings (SSSR count). The molecule has 0 aliphatic heterocycles. The molecule has 2 aromatic carbocycles. The Morgan fingerprint density at radius 1 is 0.438 bits per heavy atom. The van der Waals surface area contributed by atoms with Crippen molar-refractivity contribution in [3.63, 3.8) is 0 Å². The van der Waals surface area contributed by atoms with E-state index in [4.69, 9.17) is 0 Å². The van der Waals surface area contributed by atoms with Crippen molar-refractivity contribution < 1.29 is 0 Å². The van der Waals surface area contributed by atoms with E-state index >= 15 is 0 Å². The van der Waals surface area contributed by atoms with Crippen molar-refractivity contribution in [1.82, 2.24) is 0 Å². The van der Waals surface area contributed by atoms with Gasteiger partial charge in [0.05, 0.1) is 16.1 Å². The predicted octanol–water partition coefficient (Wildman–Crippen LogP) is 9.15. The fraction of sp³-hybridized carbons (Fsp3) is 0.571. The van der Waals surface area contributed by atoms with Crippen LogP contribution < -0.4 is 0 Å². The van der Waals surface area contributed by atoms with Crippen LogP contribution in [0, 0.1) is 0 Å². The van der Waals surface area contributed by atoms with Crippen molar-refractivity contribution in [3.8, 4) is 0 Å². The first-order valence-electron chi connectivity index (χ1n) is 12.5. The van der Waals surface area contributed by atoms with Gasteiger partial charge in [0.15, 0.2) is 0 Å². The molecular formula is C28H50Si4. The topological polar surface area (TPSA) is 0 Å². The van der Waals surface area contributed by atoms with Gasteiger partial charge in [0.25, 0.3) is 0 Å². The Kier molecular flexibility index (Phi) is 8.51. The summed E-state index contributed by atoms with van der Waals surface area (Å²) < 4.78 is 0. The highest BCUT2D eigenvalue weighted by molar-refractivity contribution is 6.83. The van der Waals surface area contributed by atoms with E-state index in [0.717, 1.165) is 0 Å². The minimum atomic E-state index is -1.45. The SMILES string of the molecule is C[Si](C)(C)Cc1ccc([C@H]([C@H](c2ccc(C[Si](C)(C)C)cc2)[Si](C)(C)C)[Si](C)(C)C)cc1. The maximum absolute atomic E-state index is 2.58. The third kappa shape index (κ3) is 8.26. The lowest BCUT2D eigenvalue weighted by Gasteiger charge is -2.43. The van der Waals surface area contributed by atoms with Crippen LogP contribution in [-0.4, -0.2) is 32.3 Å². The Morgan fingerprint density at radius 2 is 0.688 bits per heavy atom. The summed E-state index contributed by atoms with van der Waals surface area (Å²) in [6, 6.07) is 22.3. The van der Waals surface area contributed by atoms with Gasteiger partial charge in [0.1, 0.15) is 0 Å². The lowest BCUT2D eigenvalue weighted by molar-refractivity contribution is 0.808. The molecule has 32 heavy (non-hydrogen) atoms. The summed E-state index contributed by atoms with van der Waals surface area (Å²) in [5, 5.41) is 0. The maximum atomic E-state index is 2.58. The maximum Gasteiger partial charge on any atom is 0.0525 e. The molecule has 0 unspecified atom stereocenters. The summed E-state index contributed by atoms with van der Waals surface area (Å²) in [7, 11) is -5.07. The van der Waals surface area contributed by atoms with Crippen LogP contribution in [0.25, 0.3) is 0 Å². The monoisotopic (exact) mass is 498 g/mol. The third-order valence-corrected chi connectivity index (χ3v) is 14.7. The third-order valence-electron chi connectivity index (χ3n) is 6.35. The Hall–Kier alpha value is -0.692. The molecule has 0 aliphatic rings. The van der Waals surface area contributed by atoms with Crippen molar-refractivity contribution in [2.45, 2.75) is 102 Å². The van der Waals surface area contributed by atoms with Crippen LogP contribution in [0.2, 0.25) is 78.6 Å². The van der Waals surface area contributed by atoms with Crippen molar-refractivity contribution in [2.75, 3.05) is 0 Å². The first-order chi connectivity index (χ1) is 14.4. The highest BCUT2D eigenvalue weighted by atomic mass is 28.3. The van der Waals surface area contributed by atoms with E-state index in [2.05, 4.69) is 127 Å². The second kappa shape index (κ2) is 9.89. The largest absolute Gasteiger partial charge is 0.0693 e. The first-order valence-corrected chi connectivity index (χ1v) is 27.1. The van der Waals surface area contributed by atoms with Crippen LogP contribution in [-0.2, 0) is 12.1 Å². The zero-order valence-corrected chi connectivity index (χ0v) is 27.2. The zero-order valence-electron chi connectivity index (χ0n) is 23.2. The molecule has 0 N–H and O–H groups in total. The second-order valence-corrected chi connectivity index (χ2v) is 36.3. The molecule has 0 aromatic heterocycles. The smallest absolute Gasteiger partial charge is 0.0525 e. The van der Waals surface area contributed by atoms with Gasteiger partial charge in [0, 0.05) is 16.1 Å². The fourth-order valence-corrected chi connectivity index (χ4v) is 16.0. The van der Waals surface area contributed by atoms with E-state index in [1.165, 1.54) is 23.2 Å². The predicted molar refractivity (Wildman–Crippen MR) is 159 cm³/mol. The Labute approximate surface area is 204 Å². The normalized spacial score (nSPS) is 15.5. The molecule has 0 heterocycles. The van der Waals surface area contributed by atoms with Gasteiger partial charge in [-0.05, 0) is 34.3 Å². The summed E-state index contributed by atoms with van der Waals surface area (Å²) in [6.45, 7) is 30.3. The molecule has 2 atom stereocenters. The molecule has 0 amide bonds. The highest BCUT2D eigenvalue weighted by Crippen LogP contribution is 2.45. The van der Waals surface area contributed by atoms with Gasteiger partial charge < -0.3 is 0 Å². The highest BCUT2D eigenvalue weighted by Gasteiger charge is 2.42. The summed E-state index contributed by atoms with van der Waals surface area (Å²) >= 11 is 0. The van der Waals surface area contributed by atoms with Crippen LogP contribution >= 0.6 is 0 Å². The molecular weight excluding hydrogens is 449 g/mol. The van der Waals surface area contributed by atoms with Crippen molar-refractivity contribution in [3.05, 3.63) is 70.8 Å². The van der Waals surface area contributed by atoms with Gasteiger partial charge in [-0.2, -0.15) is 0 Å². The van der Waals surface area contributed by atoms with E-state index < -0.39 is 32.3 Å². The molecule has 0 nitrogen and oxygen atoms in total. The first kappa shape index (κ1) is 27.6. The molecule has 0 aliphatic carbocycles. The average Bonchev–Trinajstić information content (AvgIpc) is 2.57.